The smallest absolute Gasteiger partial charge is 0.227 e. The Labute approximate surface area is 188 Å². The van der Waals surface area contributed by atoms with Crippen molar-refractivity contribution in [3.05, 3.63) is 40.4 Å². The Hall–Kier alpha value is -2.41. The van der Waals surface area contributed by atoms with Gasteiger partial charge >= 0.3 is 0 Å². The summed E-state index contributed by atoms with van der Waals surface area (Å²) < 4.78 is 0. The van der Waals surface area contributed by atoms with Crippen molar-refractivity contribution in [3.63, 3.8) is 0 Å². The van der Waals surface area contributed by atoms with E-state index in [-0.39, 0.29) is 17.7 Å². The number of aryl methyl sites for hydroxylation is 1. The maximum Gasteiger partial charge on any atom is 0.227 e. The molecule has 1 aromatic heterocycles. The van der Waals surface area contributed by atoms with Gasteiger partial charge in [-0.3, -0.25) is 9.59 Å². The first-order chi connectivity index (χ1) is 14.9. The standard InChI is InChI=1S/C24H32N4O2S/c1-4-22(29)27-10-12-28(13-11-27)24-26-20-9-8-18(15-21(20)31-24)23(30)25-19-7-5-6-17(14-19)16(2)3/h5-7,14,16,18H,4,8-13,15H2,1-3H3,(H,25,30). The molecule has 6 nitrogen and oxygen atoms in total. The van der Waals surface area contributed by atoms with Crippen LogP contribution in [0.5, 0.6) is 0 Å². The van der Waals surface area contributed by atoms with Gasteiger partial charge < -0.3 is 15.1 Å². The molecule has 0 spiro atoms. The van der Waals surface area contributed by atoms with Crippen LogP contribution >= 0.6 is 11.3 Å². The summed E-state index contributed by atoms with van der Waals surface area (Å²) in [6.45, 7) is 9.41. The second kappa shape index (κ2) is 9.39. The second-order valence-corrected chi connectivity index (χ2v) is 9.86. The van der Waals surface area contributed by atoms with Gasteiger partial charge in [0.1, 0.15) is 0 Å². The lowest BCUT2D eigenvalue weighted by Crippen LogP contribution is -2.48. The van der Waals surface area contributed by atoms with E-state index in [1.807, 2.05) is 24.0 Å². The number of rotatable bonds is 5. The number of thiazole rings is 1. The highest BCUT2D eigenvalue weighted by Crippen LogP contribution is 2.35. The third kappa shape index (κ3) is 4.92. The summed E-state index contributed by atoms with van der Waals surface area (Å²) in [6.07, 6.45) is 3.02. The van der Waals surface area contributed by atoms with E-state index in [0.29, 0.717) is 12.3 Å². The molecule has 31 heavy (non-hydrogen) atoms. The van der Waals surface area contributed by atoms with Crippen LogP contribution in [0.2, 0.25) is 0 Å². The van der Waals surface area contributed by atoms with Crippen molar-refractivity contribution >= 4 is 34.0 Å². The Kier molecular flexibility index (Phi) is 6.60. The SMILES string of the molecule is CCC(=O)N1CCN(c2nc3c(s2)CC(C(=O)Nc2cccc(C(C)C)c2)CC3)CC1. The zero-order valence-electron chi connectivity index (χ0n) is 18.7. The summed E-state index contributed by atoms with van der Waals surface area (Å²) in [6, 6.07) is 8.15. The number of amides is 2. The molecule has 2 amide bonds. The fourth-order valence-electron chi connectivity index (χ4n) is 4.31. The third-order valence-electron chi connectivity index (χ3n) is 6.33. The third-order valence-corrected chi connectivity index (χ3v) is 7.51. The fraction of sp³-hybridized carbons (Fsp3) is 0.542. The van der Waals surface area contributed by atoms with Gasteiger partial charge in [0.25, 0.3) is 0 Å². The van der Waals surface area contributed by atoms with Crippen LogP contribution in [0.1, 0.15) is 55.7 Å². The van der Waals surface area contributed by atoms with E-state index in [1.165, 1.54) is 10.4 Å². The van der Waals surface area contributed by atoms with Crippen LogP contribution in [0.4, 0.5) is 10.8 Å². The molecule has 0 radical (unpaired) electrons. The Morgan fingerprint density at radius 3 is 2.71 bits per heavy atom. The molecule has 1 saturated heterocycles. The normalized spacial score (nSPS) is 18.8. The summed E-state index contributed by atoms with van der Waals surface area (Å²) in [5, 5.41) is 4.17. The minimum absolute atomic E-state index is 0.0115. The van der Waals surface area contributed by atoms with Crippen LogP contribution in [0.15, 0.2) is 24.3 Å². The van der Waals surface area contributed by atoms with Crippen LogP contribution < -0.4 is 10.2 Å². The summed E-state index contributed by atoms with van der Waals surface area (Å²) in [4.78, 5) is 35.2. The van der Waals surface area contributed by atoms with E-state index in [2.05, 4.69) is 36.2 Å². The molecule has 1 aliphatic carbocycles. The van der Waals surface area contributed by atoms with Gasteiger partial charge in [-0.1, -0.05) is 32.9 Å². The molecule has 2 aromatic rings. The number of nitrogens with zero attached hydrogens (tertiary/aromatic N) is 3. The number of carbonyl (C=O) groups excluding carboxylic acids is 2. The summed E-state index contributed by atoms with van der Waals surface area (Å²) >= 11 is 1.72. The molecule has 4 rings (SSSR count). The fourth-order valence-corrected chi connectivity index (χ4v) is 5.55. The van der Waals surface area contributed by atoms with E-state index in [0.717, 1.165) is 62.0 Å². The van der Waals surface area contributed by atoms with Gasteiger partial charge in [-0.05, 0) is 42.9 Å². The monoisotopic (exact) mass is 440 g/mol. The Balaban J connectivity index is 1.37. The molecular formula is C24H32N4O2S. The molecule has 0 saturated carbocycles. The van der Waals surface area contributed by atoms with E-state index in [4.69, 9.17) is 4.98 Å². The topological polar surface area (TPSA) is 65.5 Å². The highest BCUT2D eigenvalue weighted by atomic mass is 32.1. The van der Waals surface area contributed by atoms with Crippen molar-refractivity contribution in [2.75, 3.05) is 36.4 Å². The van der Waals surface area contributed by atoms with Crippen LogP contribution in [0, 0.1) is 5.92 Å². The molecule has 166 valence electrons. The number of fused-ring (bicyclic) bond motifs is 1. The van der Waals surface area contributed by atoms with Gasteiger partial charge in [0.2, 0.25) is 11.8 Å². The number of anilines is 2. The number of piperazine rings is 1. The molecular weight excluding hydrogens is 408 g/mol. The highest BCUT2D eigenvalue weighted by Gasteiger charge is 2.29. The number of benzene rings is 1. The first kappa shape index (κ1) is 21.8. The first-order valence-electron chi connectivity index (χ1n) is 11.4. The highest BCUT2D eigenvalue weighted by molar-refractivity contribution is 7.15. The largest absolute Gasteiger partial charge is 0.345 e. The van der Waals surface area contributed by atoms with Gasteiger partial charge in [0.05, 0.1) is 5.69 Å². The van der Waals surface area contributed by atoms with Gasteiger partial charge in [-0.25, -0.2) is 4.98 Å². The second-order valence-electron chi connectivity index (χ2n) is 8.80. The van der Waals surface area contributed by atoms with Crippen LogP contribution in [0.25, 0.3) is 0 Å². The first-order valence-corrected chi connectivity index (χ1v) is 12.2. The van der Waals surface area contributed by atoms with Gasteiger partial charge in [0.15, 0.2) is 5.13 Å². The summed E-state index contributed by atoms with van der Waals surface area (Å²) in [5.41, 5.74) is 3.26. The van der Waals surface area contributed by atoms with Crippen LogP contribution in [-0.2, 0) is 22.4 Å². The van der Waals surface area contributed by atoms with Crippen molar-refractivity contribution < 1.29 is 9.59 Å². The lowest BCUT2D eigenvalue weighted by molar-refractivity contribution is -0.131. The molecule has 1 N–H and O–H groups in total. The van der Waals surface area contributed by atoms with E-state index in [1.54, 1.807) is 11.3 Å². The summed E-state index contributed by atoms with van der Waals surface area (Å²) in [5.74, 6) is 0.758. The van der Waals surface area contributed by atoms with E-state index in [9.17, 15) is 9.59 Å². The predicted octanol–water partition coefficient (Wildman–Crippen LogP) is 4.07. The number of aromatic nitrogens is 1. The molecule has 0 bridgehead atoms. The maximum atomic E-state index is 12.9. The molecule has 2 heterocycles. The average molecular weight is 441 g/mol. The Morgan fingerprint density at radius 2 is 2.00 bits per heavy atom. The number of hydrogen-bond acceptors (Lipinski definition) is 5. The minimum Gasteiger partial charge on any atom is -0.345 e. The quantitative estimate of drug-likeness (QED) is 0.761. The molecule has 1 aliphatic heterocycles. The van der Waals surface area contributed by atoms with E-state index >= 15 is 0 Å². The maximum absolute atomic E-state index is 12.9. The molecule has 1 fully saturated rings. The van der Waals surface area contributed by atoms with Crippen molar-refractivity contribution in [1.82, 2.24) is 9.88 Å². The van der Waals surface area contributed by atoms with Crippen LogP contribution in [-0.4, -0.2) is 47.9 Å². The van der Waals surface area contributed by atoms with Crippen molar-refractivity contribution in [2.24, 2.45) is 5.92 Å². The average Bonchev–Trinajstić information content (AvgIpc) is 3.22. The number of carbonyl (C=O) groups is 2. The number of nitrogens with one attached hydrogen (secondary N) is 1. The Morgan fingerprint density at radius 1 is 1.23 bits per heavy atom. The van der Waals surface area contributed by atoms with Crippen molar-refractivity contribution in [1.29, 1.82) is 0 Å². The zero-order chi connectivity index (χ0) is 22.0. The van der Waals surface area contributed by atoms with Gasteiger partial charge in [-0.2, -0.15) is 0 Å². The number of hydrogen-bond donors (Lipinski definition) is 1. The predicted molar refractivity (Wildman–Crippen MR) is 126 cm³/mol. The summed E-state index contributed by atoms with van der Waals surface area (Å²) in [7, 11) is 0. The van der Waals surface area contributed by atoms with Gasteiger partial charge in [0, 0.05) is 49.1 Å². The zero-order valence-corrected chi connectivity index (χ0v) is 19.5. The Bertz CT molecular complexity index is 947. The van der Waals surface area contributed by atoms with Crippen LogP contribution in [0.3, 0.4) is 0 Å². The molecule has 1 unspecified atom stereocenters. The van der Waals surface area contributed by atoms with Crippen molar-refractivity contribution in [3.8, 4) is 0 Å². The van der Waals surface area contributed by atoms with Gasteiger partial charge in [-0.15, -0.1) is 11.3 Å². The van der Waals surface area contributed by atoms with Crippen molar-refractivity contribution in [2.45, 2.75) is 52.4 Å². The molecule has 7 heteroatoms. The van der Waals surface area contributed by atoms with E-state index < -0.39 is 0 Å². The lowest BCUT2D eigenvalue weighted by atomic mass is 9.90. The minimum atomic E-state index is -0.0115. The molecule has 2 aliphatic rings. The molecule has 1 atom stereocenters. The molecule has 1 aromatic carbocycles. The lowest BCUT2D eigenvalue weighted by Gasteiger charge is -2.34.